The molecule has 1 amide bonds. The summed E-state index contributed by atoms with van der Waals surface area (Å²) in [4.78, 5) is 43.8. The molecule has 4 aromatic rings. The molecule has 5 rings (SSSR count). The topological polar surface area (TPSA) is 103 Å². The molecule has 1 aliphatic heterocycles. The number of amides is 1. The highest BCUT2D eigenvalue weighted by atomic mass is 16.5. The van der Waals surface area contributed by atoms with Crippen LogP contribution in [0, 0.1) is 6.92 Å². The molecule has 2 aromatic heterocycles. The Morgan fingerprint density at radius 3 is 2.46 bits per heavy atom. The van der Waals surface area contributed by atoms with E-state index < -0.39 is 23.9 Å². The monoisotopic (exact) mass is 524 g/mol. The summed E-state index contributed by atoms with van der Waals surface area (Å²) in [6.07, 6.45) is 1.93. The maximum absolute atomic E-state index is 13.3. The lowest BCUT2D eigenvalue weighted by atomic mass is 9.98. The van der Waals surface area contributed by atoms with Crippen LogP contribution < -0.4 is 10.2 Å². The van der Waals surface area contributed by atoms with Crippen LogP contribution in [0.5, 0.6) is 5.75 Å². The highest BCUT2D eigenvalue weighted by molar-refractivity contribution is 6.03. The van der Waals surface area contributed by atoms with Gasteiger partial charge in [0.2, 0.25) is 5.43 Å². The van der Waals surface area contributed by atoms with Gasteiger partial charge in [0.25, 0.3) is 5.91 Å². The van der Waals surface area contributed by atoms with Crippen molar-refractivity contribution in [1.29, 1.82) is 0 Å². The number of methoxy groups -OCH3 is 1. The fraction of sp³-hybridized carbons (Fsp3) is 0.233. The molecule has 0 saturated heterocycles. The normalized spacial score (nSPS) is 14.8. The molecular weight excluding hydrogens is 496 g/mol. The number of hydrogen-bond acceptors (Lipinski definition) is 7. The Bertz CT molecular complexity index is 1630. The third kappa shape index (κ3) is 5.16. The van der Waals surface area contributed by atoms with Crippen molar-refractivity contribution in [3.63, 3.8) is 0 Å². The number of ether oxygens (including phenoxy) is 2. The molecule has 0 bridgehead atoms. The van der Waals surface area contributed by atoms with E-state index in [2.05, 4.69) is 10.1 Å². The summed E-state index contributed by atoms with van der Waals surface area (Å²) in [5.41, 5.74) is 3.15. The number of carbonyl (C=O) groups excluding carboxylic acids is 2. The molecule has 2 aromatic carbocycles. The van der Waals surface area contributed by atoms with E-state index in [-0.39, 0.29) is 11.6 Å². The van der Waals surface area contributed by atoms with Crippen LogP contribution in [-0.4, -0.2) is 45.9 Å². The van der Waals surface area contributed by atoms with Gasteiger partial charge >= 0.3 is 5.97 Å². The predicted octanol–water partition coefficient (Wildman–Crippen LogP) is 4.27. The summed E-state index contributed by atoms with van der Waals surface area (Å²) < 4.78 is 12.3. The summed E-state index contributed by atoms with van der Waals surface area (Å²) >= 11 is 0. The Kier molecular flexibility index (Phi) is 7.23. The number of aromatic nitrogens is 2. The van der Waals surface area contributed by atoms with Gasteiger partial charge in [0.15, 0.2) is 6.61 Å². The fourth-order valence-corrected chi connectivity index (χ4v) is 4.65. The minimum Gasteiger partial charge on any atom is -0.497 e. The fourth-order valence-electron chi connectivity index (χ4n) is 4.65. The van der Waals surface area contributed by atoms with Crippen LogP contribution in [0.1, 0.15) is 46.6 Å². The number of carbonyl (C=O) groups is 2. The van der Waals surface area contributed by atoms with Crippen molar-refractivity contribution < 1.29 is 19.1 Å². The molecule has 0 radical (unpaired) electrons. The highest BCUT2D eigenvalue weighted by Crippen LogP contribution is 2.33. The summed E-state index contributed by atoms with van der Waals surface area (Å²) in [7, 11) is 1.59. The van der Waals surface area contributed by atoms with Crippen molar-refractivity contribution in [2.45, 2.75) is 32.9 Å². The molecule has 0 spiro atoms. The number of fused-ring (bicyclic) bond motifs is 1. The molecule has 3 heterocycles. The largest absolute Gasteiger partial charge is 0.497 e. The zero-order valence-electron chi connectivity index (χ0n) is 22.0. The molecule has 9 nitrogen and oxygen atoms in total. The zero-order chi connectivity index (χ0) is 27.5. The Hall–Kier alpha value is -4.79. The number of aryl methyl sites for hydroxylation is 2. The van der Waals surface area contributed by atoms with E-state index in [0.717, 1.165) is 22.5 Å². The van der Waals surface area contributed by atoms with Gasteiger partial charge in [-0.15, -0.1) is 0 Å². The molecule has 198 valence electrons. The SMILES string of the molecule is CCn1cc(C(=O)OCC(=O)N2N=C(c3ccccc3)C[C@H]2c2ccc(OC)cc2)c(=O)c2ccc(C)nc21. The highest BCUT2D eigenvalue weighted by Gasteiger charge is 2.34. The number of benzene rings is 2. The maximum Gasteiger partial charge on any atom is 0.344 e. The molecule has 0 unspecified atom stereocenters. The van der Waals surface area contributed by atoms with Crippen molar-refractivity contribution in [3.8, 4) is 5.75 Å². The standard InChI is InChI=1S/C30H28N4O5/c1-4-33-17-24(28(36)23-15-10-19(2)31-29(23)33)30(37)39-18-27(35)34-26(21-11-13-22(38-3)14-12-21)16-25(32-34)20-8-6-5-7-9-20/h5-15,17,26H,4,16,18H2,1-3H3/t26-/m0/s1. The Labute approximate surface area is 225 Å². The van der Waals surface area contributed by atoms with Crippen LogP contribution >= 0.6 is 0 Å². The number of esters is 1. The van der Waals surface area contributed by atoms with Gasteiger partial charge in [-0.2, -0.15) is 5.10 Å². The zero-order valence-corrected chi connectivity index (χ0v) is 22.0. The van der Waals surface area contributed by atoms with Gasteiger partial charge in [0.1, 0.15) is 17.0 Å². The Morgan fingerprint density at radius 2 is 1.77 bits per heavy atom. The van der Waals surface area contributed by atoms with E-state index in [1.165, 1.54) is 11.2 Å². The first kappa shape index (κ1) is 25.8. The molecule has 9 heteroatoms. The van der Waals surface area contributed by atoms with E-state index in [1.807, 2.05) is 68.4 Å². The molecular formula is C30H28N4O5. The number of nitrogens with zero attached hydrogens (tertiary/aromatic N) is 4. The van der Waals surface area contributed by atoms with Crippen LogP contribution in [0.3, 0.4) is 0 Å². The van der Waals surface area contributed by atoms with Gasteiger partial charge in [0, 0.05) is 24.9 Å². The van der Waals surface area contributed by atoms with Crippen molar-refractivity contribution >= 4 is 28.6 Å². The number of pyridine rings is 2. The maximum atomic E-state index is 13.3. The predicted molar refractivity (Wildman–Crippen MR) is 147 cm³/mol. The van der Waals surface area contributed by atoms with Crippen LogP contribution in [0.15, 0.2) is 82.8 Å². The van der Waals surface area contributed by atoms with E-state index >= 15 is 0 Å². The van der Waals surface area contributed by atoms with Crippen LogP contribution in [0.25, 0.3) is 11.0 Å². The van der Waals surface area contributed by atoms with Crippen LogP contribution in [-0.2, 0) is 16.1 Å². The number of rotatable bonds is 7. The number of hydrogen-bond donors (Lipinski definition) is 0. The molecule has 0 aliphatic carbocycles. The second-order valence-corrected chi connectivity index (χ2v) is 9.20. The second-order valence-electron chi connectivity index (χ2n) is 9.20. The summed E-state index contributed by atoms with van der Waals surface area (Å²) in [5, 5.41) is 6.28. The second kappa shape index (κ2) is 10.9. The van der Waals surface area contributed by atoms with E-state index in [0.29, 0.717) is 29.7 Å². The summed E-state index contributed by atoms with van der Waals surface area (Å²) in [6.45, 7) is 3.66. The molecule has 39 heavy (non-hydrogen) atoms. The molecule has 1 atom stereocenters. The third-order valence-electron chi connectivity index (χ3n) is 6.72. The van der Waals surface area contributed by atoms with E-state index in [1.54, 1.807) is 23.8 Å². The van der Waals surface area contributed by atoms with Gasteiger partial charge in [-0.1, -0.05) is 42.5 Å². The van der Waals surface area contributed by atoms with Gasteiger partial charge in [0.05, 0.1) is 24.2 Å². The molecule has 1 aliphatic rings. The van der Waals surface area contributed by atoms with Crippen molar-refractivity contribution in [2.75, 3.05) is 13.7 Å². The first-order valence-corrected chi connectivity index (χ1v) is 12.7. The van der Waals surface area contributed by atoms with Gasteiger partial charge < -0.3 is 14.0 Å². The number of hydrazone groups is 1. The quantitative estimate of drug-likeness (QED) is 0.335. The third-order valence-corrected chi connectivity index (χ3v) is 6.72. The first-order chi connectivity index (χ1) is 18.9. The Balaban J connectivity index is 1.39. The summed E-state index contributed by atoms with van der Waals surface area (Å²) in [6, 6.07) is 20.0. The summed E-state index contributed by atoms with van der Waals surface area (Å²) in [5.74, 6) is -0.666. The average molecular weight is 525 g/mol. The van der Waals surface area contributed by atoms with Gasteiger partial charge in [-0.25, -0.2) is 14.8 Å². The lowest BCUT2D eigenvalue weighted by molar-refractivity contribution is -0.136. The van der Waals surface area contributed by atoms with E-state index in [4.69, 9.17) is 9.47 Å². The molecule has 0 N–H and O–H groups in total. The van der Waals surface area contributed by atoms with E-state index in [9.17, 15) is 14.4 Å². The van der Waals surface area contributed by atoms with Crippen molar-refractivity contribution in [3.05, 3.63) is 106 Å². The first-order valence-electron chi connectivity index (χ1n) is 12.7. The molecule has 0 fully saturated rings. The van der Waals surface area contributed by atoms with Crippen molar-refractivity contribution in [2.24, 2.45) is 5.10 Å². The molecule has 0 saturated carbocycles. The lowest BCUT2D eigenvalue weighted by Gasteiger charge is -2.22. The lowest BCUT2D eigenvalue weighted by Crippen LogP contribution is -2.32. The van der Waals surface area contributed by atoms with Gasteiger partial charge in [-0.3, -0.25) is 9.59 Å². The minimum absolute atomic E-state index is 0.149. The Morgan fingerprint density at radius 1 is 1.03 bits per heavy atom. The van der Waals surface area contributed by atoms with Crippen LogP contribution in [0.2, 0.25) is 0 Å². The van der Waals surface area contributed by atoms with Gasteiger partial charge in [-0.05, 0) is 49.2 Å². The van der Waals surface area contributed by atoms with Crippen LogP contribution in [0.4, 0.5) is 0 Å². The average Bonchev–Trinajstić information content (AvgIpc) is 3.42. The smallest absolute Gasteiger partial charge is 0.344 e. The van der Waals surface area contributed by atoms with Crippen molar-refractivity contribution in [1.82, 2.24) is 14.6 Å². The minimum atomic E-state index is -0.870.